The van der Waals surface area contributed by atoms with Gasteiger partial charge in [0, 0.05) is 6.04 Å². The molecule has 0 radical (unpaired) electrons. The summed E-state index contributed by atoms with van der Waals surface area (Å²) in [5.41, 5.74) is 1.27. The van der Waals surface area contributed by atoms with Crippen molar-refractivity contribution in [3.05, 3.63) is 35.9 Å². The number of benzene rings is 1. The van der Waals surface area contributed by atoms with Gasteiger partial charge in [-0.1, -0.05) is 30.3 Å². The van der Waals surface area contributed by atoms with Crippen LogP contribution >= 0.6 is 0 Å². The monoisotopic (exact) mass is 216 g/mol. The first kappa shape index (κ1) is 12.3. The lowest BCUT2D eigenvalue weighted by molar-refractivity contribution is -0.120. The Morgan fingerprint density at radius 2 is 2.12 bits per heavy atom. The topological polar surface area (TPSA) is 52.9 Å². The molecule has 0 bridgehead atoms. The second kappa shape index (κ2) is 6.62. The summed E-state index contributed by atoms with van der Waals surface area (Å²) in [7, 11) is 0. The summed E-state index contributed by atoms with van der Waals surface area (Å²) in [6.07, 6.45) is 1.77. The highest BCUT2D eigenvalue weighted by Crippen LogP contribution is 2.04. The van der Waals surface area contributed by atoms with Crippen molar-refractivity contribution in [3.8, 4) is 6.07 Å². The molecule has 0 saturated carbocycles. The van der Waals surface area contributed by atoms with E-state index in [9.17, 15) is 4.79 Å². The molecule has 0 aromatic heterocycles. The molecule has 3 nitrogen and oxygen atoms in total. The van der Waals surface area contributed by atoms with Gasteiger partial charge < -0.3 is 5.32 Å². The van der Waals surface area contributed by atoms with E-state index in [0.717, 1.165) is 12.8 Å². The second-order valence-electron chi connectivity index (χ2n) is 3.83. The largest absolute Gasteiger partial charge is 0.353 e. The van der Waals surface area contributed by atoms with Gasteiger partial charge in [0.05, 0.1) is 6.07 Å². The molecule has 1 atom stereocenters. The average molecular weight is 216 g/mol. The smallest absolute Gasteiger partial charge is 0.234 e. The Bertz CT molecular complexity index is 367. The normalized spacial score (nSPS) is 11.5. The van der Waals surface area contributed by atoms with Gasteiger partial charge in [-0.15, -0.1) is 0 Å². The summed E-state index contributed by atoms with van der Waals surface area (Å²) in [6.45, 7) is 1.96. The number of amides is 1. The number of carbonyl (C=O) groups excluding carboxylic acids is 1. The van der Waals surface area contributed by atoms with Crippen LogP contribution in [0.15, 0.2) is 30.3 Å². The van der Waals surface area contributed by atoms with Crippen LogP contribution in [0.1, 0.15) is 25.3 Å². The zero-order valence-corrected chi connectivity index (χ0v) is 9.44. The third-order valence-corrected chi connectivity index (χ3v) is 2.36. The number of nitrogens with one attached hydrogen (secondary N) is 1. The molecule has 1 aromatic carbocycles. The molecule has 0 aliphatic heterocycles. The van der Waals surface area contributed by atoms with Gasteiger partial charge in [0.15, 0.2) is 0 Å². The Morgan fingerprint density at radius 1 is 1.44 bits per heavy atom. The van der Waals surface area contributed by atoms with Crippen molar-refractivity contribution in [2.24, 2.45) is 0 Å². The third kappa shape index (κ3) is 4.61. The first-order chi connectivity index (χ1) is 7.72. The summed E-state index contributed by atoms with van der Waals surface area (Å²) in [6, 6.07) is 12.1. The van der Waals surface area contributed by atoms with E-state index in [1.54, 1.807) is 0 Å². The lowest BCUT2D eigenvalue weighted by Gasteiger charge is -2.12. The maximum absolute atomic E-state index is 11.1. The number of carbonyl (C=O) groups is 1. The first-order valence-electron chi connectivity index (χ1n) is 5.42. The van der Waals surface area contributed by atoms with Crippen molar-refractivity contribution < 1.29 is 4.79 Å². The van der Waals surface area contributed by atoms with E-state index >= 15 is 0 Å². The second-order valence-corrected chi connectivity index (χ2v) is 3.83. The molecule has 0 aliphatic carbocycles. The summed E-state index contributed by atoms with van der Waals surface area (Å²) in [4.78, 5) is 11.1. The molecule has 84 valence electrons. The molecule has 1 amide bonds. The van der Waals surface area contributed by atoms with Crippen molar-refractivity contribution in [3.63, 3.8) is 0 Å². The van der Waals surface area contributed by atoms with Crippen molar-refractivity contribution >= 4 is 5.91 Å². The van der Waals surface area contributed by atoms with Gasteiger partial charge in [-0.05, 0) is 25.3 Å². The van der Waals surface area contributed by atoms with Gasteiger partial charge in [0.2, 0.25) is 5.91 Å². The highest BCUT2D eigenvalue weighted by Gasteiger charge is 2.06. The van der Waals surface area contributed by atoms with E-state index in [2.05, 4.69) is 17.4 Å². The van der Waals surface area contributed by atoms with Crippen LogP contribution in [0, 0.1) is 11.3 Å². The summed E-state index contributed by atoms with van der Waals surface area (Å²) >= 11 is 0. The molecule has 1 rings (SSSR count). The predicted octanol–water partition coefficient (Wildman–Crippen LogP) is 2.04. The van der Waals surface area contributed by atoms with E-state index in [1.807, 2.05) is 31.2 Å². The standard InChI is InChI=1S/C13H16N2O/c1-11(15-13(16)9-10-14)7-8-12-5-3-2-4-6-12/h2-6,11H,7-9H2,1H3,(H,15,16). The summed E-state index contributed by atoms with van der Waals surface area (Å²) < 4.78 is 0. The van der Waals surface area contributed by atoms with Crippen LogP contribution in [0.5, 0.6) is 0 Å². The maximum atomic E-state index is 11.1. The Hall–Kier alpha value is -1.82. The van der Waals surface area contributed by atoms with Gasteiger partial charge in [-0.3, -0.25) is 4.79 Å². The van der Waals surface area contributed by atoms with E-state index in [4.69, 9.17) is 5.26 Å². The molecule has 0 aliphatic rings. The van der Waals surface area contributed by atoms with Crippen molar-refractivity contribution in [2.45, 2.75) is 32.2 Å². The minimum atomic E-state index is -0.192. The number of nitriles is 1. The Kier molecular flexibility index (Phi) is 5.07. The molecule has 1 N–H and O–H groups in total. The van der Waals surface area contributed by atoms with Crippen LogP contribution < -0.4 is 5.32 Å². The van der Waals surface area contributed by atoms with Crippen molar-refractivity contribution in [1.29, 1.82) is 5.26 Å². The third-order valence-electron chi connectivity index (χ3n) is 2.36. The molecule has 0 heterocycles. The Morgan fingerprint density at radius 3 is 2.75 bits per heavy atom. The van der Waals surface area contributed by atoms with Crippen molar-refractivity contribution in [2.75, 3.05) is 0 Å². The van der Waals surface area contributed by atoms with Crippen LogP contribution in [-0.2, 0) is 11.2 Å². The van der Waals surface area contributed by atoms with Gasteiger partial charge in [-0.25, -0.2) is 0 Å². The molecule has 3 heteroatoms. The Balaban J connectivity index is 2.28. The van der Waals surface area contributed by atoms with Crippen LogP contribution in [0.4, 0.5) is 0 Å². The lowest BCUT2D eigenvalue weighted by Crippen LogP contribution is -2.32. The zero-order chi connectivity index (χ0) is 11.8. The fourth-order valence-electron chi connectivity index (χ4n) is 1.50. The average Bonchev–Trinajstić information content (AvgIpc) is 2.28. The van der Waals surface area contributed by atoms with E-state index < -0.39 is 0 Å². The van der Waals surface area contributed by atoms with E-state index in [1.165, 1.54) is 5.56 Å². The van der Waals surface area contributed by atoms with Crippen LogP contribution in [-0.4, -0.2) is 11.9 Å². The van der Waals surface area contributed by atoms with E-state index in [-0.39, 0.29) is 18.4 Å². The van der Waals surface area contributed by atoms with E-state index in [0.29, 0.717) is 0 Å². The maximum Gasteiger partial charge on any atom is 0.234 e. The van der Waals surface area contributed by atoms with Gasteiger partial charge >= 0.3 is 0 Å². The molecule has 0 spiro atoms. The minimum Gasteiger partial charge on any atom is -0.353 e. The number of nitrogens with zero attached hydrogens (tertiary/aromatic N) is 1. The van der Waals surface area contributed by atoms with Crippen LogP contribution in [0.25, 0.3) is 0 Å². The fourth-order valence-corrected chi connectivity index (χ4v) is 1.50. The number of aryl methyl sites for hydroxylation is 1. The fraction of sp³-hybridized carbons (Fsp3) is 0.385. The Labute approximate surface area is 96.1 Å². The summed E-state index contributed by atoms with van der Waals surface area (Å²) in [5, 5.41) is 11.1. The predicted molar refractivity (Wildman–Crippen MR) is 62.6 cm³/mol. The number of hydrogen-bond donors (Lipinski definition) is 1. The quantitative estimate of drug-likeness (QED) is 0.818. The highest BCUT2D eigenvalue weighted by atomic mass is 16.1. The van der Waals surface area contributed by atoms with Crippen LogP contribution in [0.3, 0.4) is 0 Å². The van der Waals surface area contributed by atoms with Crippen LogP contribution in [0.2, 0.25) is 0 Å². The molecular weight excluding hydrogens is 200 g/mol. The molecule has 1 unspecified atom stereocenters. The molecule has 16 heavy (non-hydrogen) atoms. The molecule has 1 aromatic rings. The van der Waals surface area contributed by atoms with Gasteiger partial charge in [0.25, 0.3) is 0 Å². The van der Waals surface area contributed by atoms with Gasteiger partial charge in [0.1, 0.15) is 6.42 Å². The molecular formula is C13H16N2O. The zero-order valence-electron chi connectivity index (χ0n) is 9.44. The minimum absolute atomic E-state index is 0.0598. The van der Waals surface area contributed by atoms with Crippen molar-refractivity contribution in [1.82, 2.24) is 5.32 Å². The summed E-state index contributed by atoms with van der Waals surface area (Å²) in [5.74, 6) is -0.192. The number of rotatable bonds is 5. The number of hydrogen-bond acceptors (Lipinski definition) is 2. The van der Waals surface area contributed by atoms with Gasteiger partial charge in [-0.2, -0.15) is 5.26 Å². The molecule has 0 fully saturated rings. The highest BCUT2D eigenvalue weighted by molar-refractivity contribution is 5.78. The SMILES string of the molecule is CC(CCc1ccccc1)NC(=O)CC#N. The first-order valence-corrected chi connectivity index (χ1v) is 5.42. The lowest BCUT2D eigenvalue weighted by atomic mass is 10.1. The molecule has 0 saturated heterocycles.